The number of nitrogens with one attached hydrogen (secondary N) is 1. The number of hydrogen-bond donors (Lipinski definition) is 1. The molecule has 4 heteroatoms. The highest BCUT2D eigenvalue weighted by Gasteiger charge is 2.12. The van der Waals surface area contributed by atoms with E-state index in [9.17, 15) is 0 Å². The van der Waals surface area contributed by atoms with Crippen LogP contribution in [0.4, 0.5) is 0 Å². The van der Waals surface area contributed by atoms with Crippen molar-refractivity contribution in [2.45, 2.75) is 32.6 Å². The van der Waals surface area contributed by atoms with Crippen molar-refractivity contribution in [2.75, 3.05) is 19.7 Å². The molecule has 1 atom stereocenters. The zero-order valence-electron chi connectivity index (χ0n) is 11.0. The van der Waals surface area contributed by atoms with Gasteiger partial charge in [-0.1, -0.05) is 6.07 Å². The predicted octanol–water partition coefficient (Wildman–Crippen LogP) is 2.97. The Bertz CT molecular complexity index is 323. The third-order valence-electron chi connectivity index (χ3n) is 3.29. The van der Waals surface area contributed by atoms with Crippen molar-refractivity contribution in [2.24, 2.45) is 5.92 Å². The molecule has 1 aromatic heterocycles. The maximum Gasteiger partial charge on any atom is 0.213 e. The highest BCUT2D eigenvalue weighted by Crippen LogP contribution is 2.16. The van der Waals surface area contributed by atoms with Crippen molar-refractivity contribution in [1.29, 1.82) is 0 Å². The highest BCUT2D eigenvalue weighted by molar-refractivity contribution is 5.85. The van der Waals surface area contributed by atoms with Gasteiger partial charge >= 0.3 is 0 Å². The standard InChI is InChI=1S/C14H22N2O.ClH/c1-12-6-7-14(16-10-12)17-9-3-5-13-4-2-8-15-11-13;/h6-7,10,13,15H,2-5,8-9,11H2,1H3;1H. The molecule has 2 heterocycles. The number of hydrogen-bond acceptors (Lipinski definition) is 3. The number of aromatic nitrogens is 1. The van der Waals surface area contributed by atoms with E-state index in [2.05, 4.69) is 10.3 Å². The Hall–Kier alpha value is -0.800. The predicted molar refractivity (Wildman–Crippen MR) is 76.5 cm³/mol. The number of nitrogens with zero attached hydrogens (tertiary/aromatic N) is 1. The molecule has 1 aliphatic heterocycles. The molecule has 1 N–H and O–H groups in total. The van der Waals surface area contributed by atoms with Crippen LogP contribution in [0.2, 0.25) is 0 Å². The second-order valence-electron chi connectivity index (χ2n) is 4.88. The Morgan fingerprint density at radius 3 is 3.00 bits per heavy atom. The molecule has 18 heavy (non-hydrogen) atoms. The quantitative estimate of drug-likeness (QED) is 0.836. The molecule has 0 aliphatic carbocycles. The third-order valence-corrected chi connectivity index (χ3v) is 3.29. The Kier molecular flexibility index (Phi) is 7.06. The van der Waals surface area contributed by atoms with Gasteiger partial charge < -0.3 is 10.1 Å². The number of aryl methyl sites for hydroxylation is 1. The van der Waals surface area contributed by atoms with Crippen molar-refractivity contribution >= 4 is 12.4 Å². The van der Waals surface area contributed by atoms with Crippen LogP contribution in [0, 0.1) is 12.8 Å². The van der Waals surface area contributed by atoms with Gasteiger partial charge in [0, 0.05) is 12.3 Å². The van der Waals surface area contributed by atoms with Crippen LogP contribution in [0.25, 0.3) is 0 Å². The molecule has 2 rings (SSSR count). The summed E-state index contributed by atoms with van der Waals surface area (Å²) >= 11 is 0. The lowest BCUT2D eigenvalue weighted by molar-refractivity contribution is 0.268. The van der Waals surface area contributed by atoms with E-state index >= 15 is 0 Å². The molecule has 1 unspecified atom stereocenters. The number of rotatable bonds is 5. The first-order valence-corrected chi connectivity index (χ1v) is 6.61. The van der Waals surface area contributed by atoms with E-state index in [1.54, 1.807) is 0 Å². The van der Waals surface area contributed by atoms with Gasteiger partial charge in [0.1, 0.15) is 0 Å². The largest absolute Gasteiger partial charge is 0.478 e. The molecule has 0 aromatic carbocycles. The molecule has 1 saturated heterocycles. The van der Waals surface area contributed by atoms with Crippen LogP contribution in [0.3, 0.4) is 0 Å². The van der Waals surface area contributed by atoms with Gasteiger partial charge in [-0.05, 0) is 57.2 Å². The minimum Gasteiger partial charge on any atom is -0.478 e. The maximum atomic E-state index is 5.62. The van der Waals surface area contributed by atoms with Gasteiger partial charge in [0.25, 0.3) is 0 Å². The van der Waals surface area contributed by atoms with Crippen molar-refractivity contribution in [3.05, 3.63) is 23.9 Å². The van der Waals surface area contributed by atoms with Crippen LogP contribution >= 0.6 is 12.4 Å². The van der Waals surface area contributed by atoms with Gasteiger partial charge in [-0.15, -0.1) is 12.4 Å². The average Bonchev–Trinajstić information content (AvgIpc) is 2.38. The molecule has 1 aromatic rings. The van der Waals surface area contributed by atoms with E-state index in [-0.39, 0.29) is 12.4 Å². The third kappa shape index (κ3) is 5.23. The highest BCUT2D eigenvalue weighted by atomic mass is 35.5. The van der Waals surface area contributed by atoms with Gasteiger partial charge in [-0.2, -0.15) is 0 Å². The van der Waals surface area contributed by atoms with Gasteiger partial charge in [0.15, 0.2) is 0 Å². The van der Waals surface area contributed by atoms with Crippen molar-refractivity contribution in [1.82, 2.24) is 10.3 Å². The first-order chi connectivity index (χ1) is 8.34. The SMILES string of the molecule is Cc1ccc(OCCCC2CCCNC2)nc1.Cl. The first kappa shape index (κ1) is 15.3. The van der Waals surface area contributed by atoms with Crippen molar-refractivity contribution in [3.63, 3.8) is 0 Å². The van der Waals surface area contributed by atoms with E-state index in [1.165, 1.54) is 37.9 Å². The van der Waals surface area contributed by atoms with Crippen molar-refractivity contribution in [3.8, 4) is 5.88 Å². The van der Waals surface area contributed by atoms with E-state index in [0.717, 1.165) is 24.8 Å². The Morgan fingerprint density at radius 2 is 2.33 bits per heavy atom. The number of ether oxygens (including phenoxy) is 1. The summed E-state index contributed by atoms with van der Waals surface area (Å²) in [6, 6.07) is 3.98. The molecule has 0 amide bonds. The molecule has 3 nitrogen and oxygen atoms in total. The summed E-state index contributed by atoms with van der Waals surface area (Å²) in [5.74, 6) is 1.59. The normalized spacial score (nSPS) is 19.1. The fourth-order valence-electron chi connectivity index (χ4n) is 2.26. The topological polar surface area (TPSA) is 34.1 Å². The lowest BCUT2D eigenvalue weighted by Crippen LogP contribution is -2.29. The zero-order chi connectivity index (χ0) is 11.9. The Labute approximate surface area is 116 Å². The smallest absolute Gasteiger partial charge is 0.213 e. The molecular weight excluding hydrogens is 248 g/mol. The number of halogens is 1. The number of piperidine rings is 1. The van der Waals surface area contributed by atoms with Crippen LogP contribution in [-0.2, 0) is 0 Å². The summed E-state index contributed by atoms with van der Waals surface area (Å²) in [5.41, 5.74) is 1.17. The molecular formula is C14H23ClN2O. The summed E-state index contributed by atoms with van der Waals surface area (Å²) in [5, 5.41) is 3.45. The lowest BCUT2D eigenvalue weighted by Gasteiger charge is -2.22. The van der Waals surface area contributed by atoms with E-state index in [4.69, 9.17) is 4.74 Å². The van der Waals surface area contributed by atoms with Crippen LogP contribution in [0.1, 0.15) is 31.2 Å². The second kappa shape index (κ2) is 8.33. The maximum absolute atomic E-state index is 5.62. The van der Waals surface area contributed by atoms with Gasteiger partial charge in [-0.3, -0.25) is 0 Å². The van der Waals surface area contributed by atoms with E-state index < -0.39 is 0 Å². The summed E-state index contributed by atoms with van der Waals surface area (Å²) in [7, 11) is 0. The minimum absolute atomic E-state index is 0. The summed E-state index contributed by atoms with van der Waals surface area (Å²) < 4.78 is 5.62. The summed E-state index contributed by atoms with van der Waals surface area (Å²) in [4.78, 5) is 4.23. The second-order valence-corrected chi connectivity index (χ2v) is 4.88. The summed E-state index contributed by atoms with van der Waals surface area (Å²) in [6.45, 7) is 5.20. The monoisotopic (exact) mass is 270 g/mol. The minimum atomic E-state index is 0. The zero-order valence-corrected chi connectivity index (χ0v) is 11.8. The fraction of sp³-hybridized carbons (Fsp3) is 0.643. The molecule has 0 radical (unpaired) electrons. The molecule has 0 bridgehead atoms. The van der Waals surface area contributed by atoms with Crippen LogP contribution in [-0.4, -0.2) is 24.7 Å². The molecule has 1 aliphatic rings. The molecule has 102 valence electrons. The Balaban J connectivity index is 0.00000162. The molecule has 1 fully saturated rings. The lowest BCUT2D eigenvalue weighted by atomic mass is 9.95. The van der Waals surface area contributed by atoms with Crippen LogP contribution in [0.15, 0.2) is 18.3 Å². The van der Waals surface area contributed by atoms with E-state index in [1.807, 2.05) is 25.3 Å². The van der Waals surface area contributed by atoms with Gasteiger partial charge in [0.2, 0.25) is 5.88 Å². The average molecular weight is 271 g/mol. The van der Waals surface area contributed by atoms with Crippen LogP contribution < -0.4 is 10.1 Å². The first-order valence-electron chi connectivity index (χ1n) is 6.61. The Morgan fingerprint density at radius 1 is 1.44 bits per heavy atom. The van der Waals surface area contributed by atoms with E-state index in [0.29, 0.717) is 0 Å². The summed E-state index contributed by atoms with van der Waals surface area (Å²) in [6.07, 6.45) is 6.93. The molecule has 0 saturated carbocycles. The fourth-order valence-corrected chi connectivity index (χ4v) is 2.26. The van der Waals surface area contributed by atoms with Gasteiger partial charge in [-0.25, -0.2) is 4.98 Å². The molecule has 0 spiro atoms. The van der Waals surface area contributed by atoms with Crippen LogP contribution in [0.5, 0.6) is 5.88 Å². The van der Waals surface area contributed by atoms with Crippen molar-refractivity contribution < 1.29 is 4.74 Å². The van der Waals surface area contributed by atoms with Gasteiger partial charge in [0.05, 0.1) is 6.61 Å². The number of pyridine rings is 1.